The zero-order chi connectivity index (χ0) is 14.7. The summed E-state index contributed by atoms with van der Waals surface area (Å²) in [5.41, 5.74) is 2.80. The van der Waals surface area contributed by atoms with Crippen molar-refractivity contribution < 1.29 is 0 Å². The third-order valence-electron chi connectivity index (χ3n) is 4.10. The van der Waals surface area contributed by atoms with Crippen molar-refractivity contribution >= 4 is 39.3 Å². The highest BCUT2D eigenvalue weighted by Crippen LogP contribution is 2.43. The summed E-state index contributed by atoms with van der Waals surface area (Å²) >= 11 is 12.0. The first-order valence-corrected chi connectivity index (χ1v) is 9.77. The van der Waals surface area contributed by atoms with Crippen molar-refractivity contribution in [3.8, 4) is 0 Å². The molecule has 0 radical (unpaired) electrons. The van der Waals surface area contributed by atoms with Crippen molar-refractivity contribution in [3.05, 3.63) is 64.7 Å². The molecule has 0 aliphatic carbocycles. The quantitative estimate of drug-likeness (QED) is 0.558. The Bertz CT molecular complexity index is 614. The van der Waals surface area contributed by atoms with E-state index in [1.54, 1.807) is 0 Å². The molecule has 2 unspecified atom stereocenters. The van der Waals surface area contributed by atoms with Gasteiger partial charge in [-0.2, -0.15) is 0 Å². The van der Waals surface area contributed by atoms with Crippen molar-refractivity contribution in [1.29, 1.82) is 0 Å². The van der Waals surface area contributed by atoms with Gasteiger partial charge in [0.25, 0.3) is 0 Å². The first-order valence-electron chi connectivity index (χ1n) is 7.29. The first-order chi connectivity index (χ1) is 10.3. The van der Waals surface area contributed by atoms with Gasteiger partial charge in [-0.25, -0.2) is 0 Å². The normalized spacial score (nSPS) is 18.5. The zero-order valence-corrected chi connectivity index (χ0v) is 14.9. The molecule has 110 valence electrons. The van der Waals surface area contributed by atoms with Crippen LogP contribution in [-0.4, -0.2) is 11.1 Å². The highest BCUT2D eigenvalue weighted by molar-refractivity contribution is 9.09. The lowest BCUT2D eigenvalue weighted by Gasteiger charge is -2.19. The molecule has 0 nitrogen and oxygen atoms in total. The lowest BCUT2D eigenvalue weighted by Crippen LogP contribution is -2.12. The van der Waals surface area contributed by atoms with Gasteiger partial charge in [0.2, 0.25) is 0 Å². The van der Waals surface area contributed by atoms with Crippen LogP contribution in [-0.2, 0) is 6.42 Å². The minimum atomic E-state index is 0.627. The predicted octanol–water partition coefficient (Wildman–Crippen LogP) is 6.17. The summed E-state index contributed by atoms with van der Waals surface area (Å²) in [7, 11) is 0. The third kappa shape index (κ3) is 3.67. The lowest BCUT2D eigenvalue weighted by atomic mass is 9.88. The van der Waals surface area contributed by atoms with Crippen LogP contribution >= 0.6 is 39.3 Å². The molecule has 0 amide bonds. The summed E-state index contributed by atoms with van der Waals surface area (Å²) in [5.74, 6) is 2.52. The number of halogens is 2. The molecule has 2 atom stereocenters. The van der Waals surface area contributed by atoms with Crippen LogP contribution in [0.4, 0.5) is 0 Å². The molecule has 21 heavy (non-hydrogen) atoms. The molecule has 0 saturated heterocycles. The maximum Gasteiger partial charge on any atom is 0.0438 e. The minimum absolute atomic E-state index is 0.627. The summed E-state index contributed by atoms with van der Waals surface area (Å²) in [6.07, 6.45) is 2.27. The largest absolute Gasteiger partial charge is 0.125 e. The topological polar surface area (TPSA) is 0 Å². The molecule has 3 rings (SSSR count). The molecule has 1 heterocycles. The number of hydrogen-bond donors (Lipinski definition) is 0. The molecule has 0 fully saturated rings. The van der Waals surface area contributed by atoms with Gasteiger partial charge in [-0.1, -0.05) is 63.9 Å². The number of rotatable bonds is 5. The molecule has 0 N–H and O–H groups in total. The van der Waals surface area contributed by atoms with Crippen LogP contribution in [0.1, 0.15) is 23.5 Å². The summed E-state index contributed by atoms with van der Waals surface area (Å²) < 4.78 is 0. The minimum Gasteiger partial charge on any atom is -0.125 e. The molecule has 2 aromatic carbocycles. The number of thioether (sulfide) groups is 1. The Hall–Kier alpha value is -0.440. The average Bonchev–Trinajstić information content (AvgIpc) is 2.92. The highest BCUT2D eigenvalue weighted by Gasteiger charge is 2.25. The van der Waals surface area contributed by atoms with Gasteiger partial charge in [-0.3, -0.25) is 0 Å². The van der Waals surface area contributed by atoms with E-state index in [9.17, 15) is 0 Å². The van der Waals surface area contributed by atoms with Crippen LogP contribution in [0, 0.1) is 5.92 Å². The summed E-state index contributed by atoms with van der Waals surface area (Å²) in [6.45, 7) is 0. The molecule has 3 heteroatoms. The van der Waals surface area contributed by atoms with E-state index in [0.717, 1.165) is 16.8 Å². The molecule has 0 bridgehead atoms. The molecular weight excluding hydrogens is 364 g/mol. The van der Waals surface area contributed by atoms with Crippen molar-refractivity contribution in [3.63, 3.8) is 0 Å². The van der Waals surface area contributed by atoms with E-state index in [-0.39, 0.29) is 0 Å². The van der Waals surface area contributed by atoms with E-state index >= 15 is 0 Å². The lowest BCUT2D eigenvalue weighted by molar-refractivity contribution is 0.496. The van der Waals surface area contributed by atoms with Crippen molar-refractivity contribution in [2.45, 2.75) is 23.7 Å². The second-order valence-corrected chi connectivity index (χ2v) is 7.71. The Morgan fingerprint density at radius 1 is 1.14 bits per heavy atom. The van der Waals surface area contributed by atoms with Gasteiger partial charge in [0.15, 0.2) is 0 Å². The molecule has 1 aliphatic rings. The summed E-state index contributed by atoms with van der Waals surface area (Å²) in [4.78, 5) is 1.47. The van der Waals surface area contributed by atoms with Crippen LogP contribution in [0.25, 0.3) is 0 Å². The van der Waals surface area contributed by atoms with Gasteiger partial charge >= 0.3 is 0 Å². The van der Waals surface area contributed by atoms with E-state index in [4.69, 9.17) is 11.6 Å². The van der Waals surface area contributed by atoms with Gasteiger partial charge in [-0.05, 0) is 47.9 Å². The molecule has 0 aromatic heterocycles. The van der Waals surface area contributed by atoms with Crippen LogP contribution in [0.5, 0.6) is 0 Å². The monoisotopic (exact) mass is 380 g/mol. The first kappa shape index (κ1) is 15.5. The Labute approximate surface area is 144 Å². The van der Waals surface area contributed by atoms with Crippen LogP contribution in [0.15, 0.2) is 53.4 Å². The third-order valence-corrected chi connectivity index (χ3v) is 6.64. The van der Waals surface area contributed by atoms with Crippen LogP contribution < -0.4 is 0 Å². The molecule has 0 saturated carbocycles. The zero-order valence-electron chi connectivity index (χ0n) is 11.8. The maximum absolute atomic E-state index is 6.30. The van der Waals surface area contributed by atoms with Crippen molar-refractivity contribution in [2.75, 3.05) is 11.1 Å². The fraction of sp³-hybridized carbons (Fsp3) is 0.333. The smallest absolute Gasteiger partial charge is 0.0438 e. The van der Waals surface area contributed by atoms with Gasteiger partial charge in [0.05, 0.1) is 0 Å². The van der Waals surface area contributed by atoms with Crippen molar-refractivity contribution in [1.82, 2.24) is 0 Å². The SMILES string of the molecule is Clc1ccccc1CC(CBr)CC1CSc2ccccc21. The number of alkyl halides is 1. The van der Waals surface area contributed by atoms with E-state index in [1.807, 2.05) is 23.9 Å². The Balaban J connectivity index is 1.70. The van der Waals surface area contributed by atoms with Crippen LogP contribution in [0.3, 0.4) is 0 Å². The Morgan fingerprint density at radius 2 is 1.90 bits per heavy atom. The Morgan fingerprint density at radius 3 is 2.71 bits per heavy atom. The maximum atomic E-state index is 6.30. The summed E-state index contributed by atoms with van der Waals surface area (Å²) in [6, 6.07) is 17.1. The Kier molecular flexibility index (Phi) is 5.31. The highest BCUT2D eigenvalue weighted by atomic mass is 79.9. The van der Waals surface area contributed by atoms with E-state index in [0.29, 0.717) is 11.8 Å². The van der Waals surface area contributed by atoms with Crippen LogP contribution in [0.2, 0.25) is 5.02 Å². The van der Waals surface area contributed by atoms with E-state index in [1.165, 1.54) is 28.2 Å². The number of hydrogen-bond acceptors (Lipinski definition) is 1. The predicted molar refractivity (Wildman–Crippen MR) is 97.0 cm³/mol. The average molecular weight is 382 g/mol. The fourth-order valence-electron chi connectivity index (χ4n) is 3.00. The standard InChI is InChI=1S/C18H18BrClS/c19-11-13(9-14-5-1-3-7-17(14)20)10-15-12-21-18-8-4-2-6-16(15)18/h1-8,13,15H,9-12H2. The fourth-order valence-corrected chi connectivity index (χ4v) is 4.98. The number of fused-ring (bicyclic) bond motifs is 1. The molecule has 0 spiro atoms. The van der Waals surface area contributed by atoms with Gasteiger partial charge in [0, 0.05) is 21.0 Å². The van der Waals surface area contributed by atoms with Gasteiger partial charge < -0.3 is 0 Å². The van der Waals surface area contributed by atoms with E-state index < -0.39 is 0 Å². The van der Waals surface area contributed by atoms with Gasteiger partial charge in [-0.15, -0.1) is 11.8 Å². The summed E-state index contributed by atoms with van der Waals surface area (Å²) in [5, 5.41) is 1.92. The van der Waals surface area contributed by atoms with Gasteiger partial charge in [0.1, 0.15) is 0 Å². The number of benzene rings is 2. The molecule has 2 aromatic rings. The second-order valence-electron chi connectivity index (χ2n) is 5.60. The molecular formula is C18H18BrClS. The van der Waals surface area contributed by atoms with E-state index in [2.05, 4.69) is 52.3 Å². The van der Waals surface area contributed by atoms with Crippen molar-refractivity contribution in [2.24, 2.45) is 5.92 Å². The second kappa shape index (κ2) is 7.21. The molecule has 1 aliphatic heterocycles.